The molecule has 0 N–H and O–H groups in total. The second-order valence-corrected chi connectivity index (χ2v) is 5.88. The molecule has 0 bridgehead atoms. The van der Waals surface area contributed by atoms with Crippen molar-refractivity contribution >= 4 is 12.0 Å². The Bertz CT molecular complexity index is 866. The second-order valence-electron chi connectivity index (χ2n) is 5.88. The molecule has 0 aromatic heterocycles. The van der Waals surface area contributed by atoms with Crippen molar-refractivity contribution in [3.05, 3.63) is 76.4 Å². The Hall–Kier alpha value is -3.37. The number of benzene rings is 2. The van der Waals surface area contributed by atoms with Crippen molar-refractivity contribution in [2.24, 2.45) is 0 Å². The Morgan fingerprint density at radius 2 is 1.88 bits per heavy atom. The van der Waals surface area contributed by atoms with Gasteiger partial charge in [-0.1, -0.05) is 50.2 Å². The van der Waals surface area contributed by atoms with E-state index in [-0.39, 0.29) is 12.2 Å². The molecule has 2 aromatic rings. The van der Waals surface area contributed by atoms with E-state index in [2.05, 4.69) is 13.8 Å². The number of carbonyl (C=O) groups excluding carboxylic acids is 1. The van der Waals surface area contributed by atoms with Gasteiger partial charge >= 0.3 is 5.97 Å². The molecule has 0 saturated carbocycles. The number of nitrogens with zero attached hydrogens (tertiary/aromatic N) is 2. The summed E-state index contributed by atoms with van der Waals surface area (Å²) < 4.78 is 5.18. The highest BCUT2D eigenvalue weighted by molar-refractivity contribution is 5.97. The minimum Gasteiger partial charge on any atom is -0.457 e. The maximum atomic E-state index is 12.1. The van der Waals surface area contributed by atoms with Crippen molar-refractivity contribution in [3.8, 4) is 12.1 Å². The number of hydrogen-bond acceptors (Lipinski definition) is 4. The summed E-state index contributed by atoms with van der Waals surface area (Å²) in [6.45, 7) is 4.22. The number of nitriles is 2. The molecule has 0 radical (unpaired) electrons. The Morgan fingerprint density at radius 3 is 2.48 bits per heavy atom. The first-order chi connectivity index (χ1) is 12.0. The lowest BCUT2D eigenvalue weighted by molar-refractivity contribution is -0.139. The average molecular weight is 330 g/mol. The predicted octanol–water partition coefficient (Wildman–Crippen LogP) is 4.33. The standard InChI is InChI=1S/C21H18N2O2/c1-15(2)19-8-6-16(7-9-19)11-20(13-23)21(24)25-14-18-5-3-4-17(10-18)12-22/h3-11,15H,14H2,1-2H3/b20-11+. The average Bonchev–Trinajstić information content (AvgIpc) is 2.64. The van der Waals surface area contributed by atoms with E-state index in [4.69, 9.17) is 10.00 Å². The monoisotopic (exact) mass is 330 g/mol. The van der Waals surface area contributed by atoms with E-state index in [9.17, 15) is 10.1 Å². The minimum atomic E-state index is -0.683. The number of ether oxygens (including phenoxy) is 1. The van der Waals surface area contributed by atoms with Gasteiger partial charge in [-0.3, -0.25) is 0 Å². The van der Waals surface area contributed by atoms with E-state index in [1.807, 2.05) is 36.4 Å². The molecular formula is C21H18N2O2. The van der Waals surface area contributed by atoms with Crippen LogP contribution in [0, 0.1) is 22.7 Å². The highest BCUT2D eigenvalue weighted by Crippen LogP contribution is 2.17. The normalized spacial score (nSPS) is 10.8. The topological polar surface area (TPSA) is 73.9 Å². The molecule has 0 aliphatic heterocycles. The van der Waals surface area contributed by atoms with Crippen LogP contribution < -0.4 is 0 Å². The smallest absolute Gasteiger partial charge is 0.349 e. The summed E-state index contributed by atoms with van der Waals surface area (Å²) in [5.41, 5.74) is 3.09. The van der Waals surface area contributed by atoms with Crippen LogP contribution in [0.25, 0.3) is 6.08 Å². The van der Waals surface area contributed by atoms with Gasteiger partial charge in [0.05, 0.1) is 11.6 Å². The maximum absolute atomic E-state index is 12.1. The third-order valence-corrected chi connectivity index (χ3v) is 3.68. The molecule has 124 valence electrons. The fourth-order valence-electron chi connectivity index (χ4n) is 2.24. The number of esters is 1. The lowest BCUT2D eigenvalue weighted by Gasteiger charge is -2.06. The van der Waals surface area contributed by atoms with E-state index in [0.29, 0.717) is 17.0 Å². The predicted molar refractivity (Wildman–Crippen MR) is 95.1 cm³/mol. The van der Waals surface area contributed by atoms with E-state index in [0.717, 1.165) is 5.56 Å². The van der Waals surface area contributed by atoms with Crippen LogP contribution in [0.1, 0.15) is 42.0 Å². The lowest BCUT2D eigenvalue weighted by atomic mass is 10.0. The van der Waals surface area contributed by atoms with Gasteiger partial charge in [-0.05, 0) is 40.8 Å². The Balaban J connectivity index is 2.07. The first-order valence-electron chi connectivity index (χ1n) is 7.91. The van der Waals surface area contributed by atoms with Crippen molar-refractivity contribution < 1.29 is 9.53 Å². The van der Waals surface area contributed by atoms with Gasteiger partial charge in [0.25, 0.3) is 0 Å². The van der Waals surface area contributed by atoms with Crippen molar-refractivity contribution in [1.29, 1.82) is 10.5 Å². The van der Waals surface area contributed by atoms with Gasteiger partial charge in [0, 0.05) is 0 Å². The Kier molecular flexibility index (Phi) is 6.09. The van der Waals surface area contributed by atoms with Crippen molar-refractivity contribution in [2.75, 3.05) is 0 Å². The number of hydrogen-bond donors (Lipinski definition) is 0. The molecule has 0 amide bonds. The first kappa shape index (κ1) is 18.0. The molecule has 25 heavy (non-hydrogen) atoms. The van der Waals surface area contributed by atoms with Gasteiger partial charge in [0.2, 0.25) is 0 Å². The van der Waals surface area contributed by atoms with Crippen LogP contribution in [0.4, 0.5) is 0 Å². The van der Waals surface area contributed by atoms with Crippen LogP contribution in [0.15, 0.2) is 54.1 Å². The third kappa shape index (κ3) is 5.06. The van der Waals surface area contributed by atoms with E-state index in [1.54, 1.807) is 24.3 Å². The molecule has 0 saturated heterocycles. The zero-order chi connectivity index (χ0) is 18.2. The highest BCUT2D eigenvalue weighted by atomic mass is 16.5. The van der Waals surface area contributed by atoms with Crippen LogP contribution in [0.2, 0.25) is 0 Å². The summed E-state index contributed by atoms with van der Waals surface area (Å²) in [6.07, 6.45) is 1.51. The van der Waals surface area contributed by atoms with E-state index in [1.165, 1.54) is 11.6 Å². The number of carbonyl (C=O) groups is 1. The fraction of sp³-hybridized carbons (Fsp3) is 0.190. The third-order valence-electron chi connectivity index (χ3n) is 3.68. The molecule has 0 aliphatic carbocycles. The van der Waals surface area contributed by atoms with Crippen LogP contribution in [-0.2, 0) is 16.1 Å². The van der Waals surface area contributed by atoms with E-state index < -0.39 is 5.97 Å². The zero-order valence-electron chi connectivity index (χ0n) is 14.2. The zero-order valence-corrected chi connectivity index (χ0v) is 14.2. The van der Waals surface area contributed by atoms with E-state index >= 15 is 0 Å². The van der Waals surface area contributed by atoms with Crippen molar-refractivity contribution in [3.63, 3.8) is 0 Å². The molecule has 2 rings (SSSR count). The summed E-state index contributed by atoms with van der Waals surface area (Å²) in [7, 11) is 0. The molecule has 0 heterocycles. The molecular weight excluding hydrogens is 312 g/mol. The van der Waals surface area contributed by atoms with Crippen LogP contribution in [0.5, 0.6) is 0 Å². The Morgan fingerprint density at radius 1 is 1.16 bits per heavy atom. The van der Waals surface area contributed by atoms with Gasteiger partial charge < -0.3 is 4.74 Å². The highest BCUT2D eigenvalue weighted by Gasteiger charge is 2.11. The van der Waals surface area contributed by atoms with Crippen LogP contribution in [0.3, 0.4) is 0 Å². The molecule has 4 heteroatoms. The largest absolute Gasteiger partial charge is 0.457 e. The summed E-state index contributed by atoms with van der Waals surface area (Å²) in [5, 5.41) is 18.1. The van der Waals surface area contributed by atoms with Gasteiger partial charge in [-0.2, -0.15) is 10.5 Å². The summed E-state index contributed by atoms with van der Waals surface area (Å²) in [4.78, 5) is 12.1. The molecule has 0 atom stereocenters. The Labute approximate surface area is 147 Å². The molecule has 0 spiro atoms. The van der Waals surface area contributed by atoms with Crippen LogP contribution >= 0.6 is 0 Å². The summed E-state index contributed by atoms with van der Waals surface area (Å²) >= 11 is 0. The molecule has 0 fully saturated rings. The molecule has 4 nitrogen and oxygen atoms in total. The first-order valence-corrected chi connectivity index (χ1v) is 7.91. The minimum absolute atomic E-state index is 0.0136. The van der Waals surface area contributed by atoms with Crippen LogP contribution in [-0.4, -0.2) is 5.97 Å². The van der Waals surface area contributed by atoms with Gasteiger partial charge in [0.15, 0.2) is 0 Å². The van der Waals surface area contributed by atoms with Crippen molar-refractivity contribution in [2.45, 2.75) is 26.4 Å². The lowest BCUT2D eigenvalue weighted by Crippen LogP contribution is -2.07. The molecule has 2 aromatic carbocycles. The van der Waals surface area contributed by atoms with Crippen molar-refractivity contribution in [1.82, 2.24) is 0 Å². The maximum Gasteiger partial charge on any atom is 0.349 e. The summed E-state index contributed by atoms with van der Waals surface area (Å²) in [5.74, 6) is -0.264. The fourth-order valence-corrected chi connectivity index (χ4v) is 2.24. The number of rotatable bonds is 5. The van der Waals surface area contributed by atoms with Gasteiger partial charge in [0.1, 0.15) is 18.2 Å². The summed E-state index contributed by atoms with van der Waals surface area (Å²) in [6, 6.07) is 18.4. The molecule has 0 aliphatic rings. The SMILES string of the molecule is CC(C)c1ccc(/C=C(\C#N)C(=O)OCc2cccc(C#N)c2)cc1. The van der Waals surface area contributed by atoms with Gasteiger partial charge in [-0.15, -0.1) is 0 Å². The quantitative estimate of drug-likeness (QED) is 0.464. The van der Waals surface area contributed by atoms with Gasteiger partial charge in [-0.25, -0.2) is 4.79 Å². The second kappa shape index (κ2) is 8.47. The molecule has 0 unspecified atom stereocenters.